The molecule has 6 nitrogen and oxygen atoms in total. The van der Waals surface area contributed by atoms with E-state index in [9.17, 15) is 18.8 Å². The summed E-state index contributed by atoms with van der Waals surface area (Å²) in [6.45, 7) is 1.39. The zero-order chi connectivity index (χ0) is 20.6. The molecule has 2 aromatic rings. The summed E-state index contributed by atoms with van der Waals surface area (Å²) in [5.41, 5.74) is -0.146. The van der Waals surface area contributed by atoms with E-state index in [1.165, 1.54) is 6.07 Å². The molecule has 4 rings (SSSR count). The number of hydrogen-bond acceptors (Lipinski definition) is 3. The topological polar surface area (TPSA) is 69.7 Å². The van der Waals surface area contributed by atoms with Gasteiger partial charge < -0.3 is 10.2 Å². The highest BCUT2D eigenvalue weighted by molar-refractivity contribution is 6.09. The molecule has 2 aromatic carbocycles. The van der Waals surface area contributed by atoms with Crippen molar-refractivity contribution < 1.29 is 18.8 Å². The highest BCUT2D eigenvalue weighted by atomic mass is 19.1. The Morgan fingerprint density at radius 1 is 1.14 bits per heavy atom. The highest BCUT2D eigenvalue weighted by Crippen LogP contribution is 2.31. The van der Waals surface area contributed by atoms with Gasteiger partial charge in [0.2, 0.25) is 5.91 Å². The Labute approximate surface area is 168 Å². The van der Waals surface area contributed by atoms with E-state index in [-0.39, 0.29) is 30.9 Å². The van der Waals surface area contributed by atoms with Crippen LogP contribution in [0.1, 0.15) is 30.9 Å². The molecule has 0 radical (unpaired) electrons. The van der Waals surface area contributed by atoms with Gasteiger partial charge in [-0.15, -0.1) is 0 Å². The number of hydrogen-bond donors (Lipinski definition) is 1. The van der Waals surface area contributed by atoms with Crippen molar-refractivity contribution >= 4 is 17.8 Å². The molecule has 7 heteroatoms. The molecule has 0 spiro atoms. The summed E-state index contributed by atoms with van der Waals surface area (Å²) in [6.07, 6.45) is 1.67. The van der Waals surface area contributed by atoms with E-state index >= 15 is 0 Å². The summed E-state index contributed by atoms with van der Waals surface area (Å²) in [7, 11) is 0. The van der Waals surface area contributed by atoms with E-state index in [1.807, 2.05) is 6.07 Å². The van der Waals surface area contributed by atoms with Crippen LogP contribution in [0.15, 0.2) is 54.6 Å². The maximum atomic E-state index is 14.0. The number of imide groups is 1. The number of nitrogens with one attached hydrogen (secondary N) is 1. The van der Waals surface area contributed by atoms with Crippen LogP contribution < -0.4 is 5.32 Å². The second-order valence-corrected chi connectivity index (χ2v) is 7.66. The second-order valence-electron chi connectivity index (χ2n) is 7.66. The maximum Gasteiger partial charge on any atom is 0.325 e. The minimum atomic E-state index is -1.21. The van der Waals surface area contributed by atoms with Crippen LogP contribution in [0.2, 0.25) is 0 Å². The highest BCUT2D eigenvalue weighted by Gasteiger charge is 2.50. The average molecular weight is 395 g/mol. The van der Waals surface area contributed by atoms with E-state index in [1.54, 1.807) is 54.3 Å². The number of urea groups is 1. The lowest BCUT2D eigenvalue weighted by atomic mass is 9.92. The van der Waals surface area contributed by atoms with Gasteiger partial charge in [-0.25, -0.2) is 9.18 Å². The molecule has 1 heterocycles. The molecule has 29 heavy (non-hydrogen) atoms. The van der Waals surface area contributed by atoms with Gasteiger partial charge >= 0.3 is 6.03 Å². The van der Waals surface area contributed by atoms with Crippen LogP contribution in [0.5, 0.6) is 0 Å². The van der Waals surface area contributed by atoms with Crippen molar-refractivity contribution in [3.05, 3.63) is 71.5 Å². The number of carbonyl (C=O) groups is 3. The molecule has 1 N–H and O–H groups in total. The molecule has 4 amide bonds. The molecule has 0 bridgehead atoms. The van der Waals surface area contributed by atoms with Gasteiger partial charge in [0.05, 0.1) is 0 Å². The third-order valence-electron chi connectivity index (χ3n) is 5.53. The molecule has 2 aliphatic rings. The van der Waals surface area contributed by atoms with Crippen LogP contribution in [-0.4, -0.2) is 40.2 Å². The maximum absolute atomic E-state index is 14.0. The summed E-state index contributed by atoms with van der Waals surface area (Å²) in [4.78, 5) is 41.0. The van der Waals surface area contributed by atoms with Crippen LogP contribution in [0.3, 0.4) is 0 Å². The summed E-state index contributed by atoms with van der Waals surface area (Å²) >= 11 is 0. The fourth-order valence-corrected chi connectivity index (χ4v) is 3.65. The van der Waals surface area contributed by atoms with Crippen LogP contribution in [-0.2, 0) is 21.7 Å². The smallest absolute Gasteiger partial charge is 0.325 e. The van der Waals surface area contributed by atoms with E-state index in [0.717, 1.165) is 17.7 Å². The lowest BCUT2D eigenvalue weighted by molar-refractivity contribution is -0.139. The zero-order valence-corrected chi connectivity index (χ0v) is 16.1. The van der Waals surface area contributed by atoms with E-state index in [4.69, 9.17) is 0 Å². The van der Waals surface area contributed by atoms with Crippen LogP contribution in [0.25, 0.3) is 0 Å². The second kappa shape index (κ2) is 7.31. The lowest BCUT2D eigenvalue weighted by Gasteiger charge is -2.25. The Morgan fingerprint density at radius 2 is 1.79 bits per heavy atom. The van der Waals surface area contributed by atoms with Crippen molar-refractivity contribution in [2.24, 2.45) is 0 Å². The third kappa shape index (κ3) is 3.60. The van der Waals surface area contributed by atoms with Crippen LogP contribution >= 0.6 is 0 Å². The first-order chi connectivity index (χ1) is 13.9. The van der Waals surface area contributed by atoms with E-state index in [0.29, 0.717) is 11.1 Å². The molecular weight excluding hydrogens is 373 g/mol. The number of carbonyl (C=O) groups excluding carboxylic acids is 3. The van der Waals surface area contributed by atoms with Crippen LogP contribution in [0, 0.1) is 5.82 Å². The van der Waals surface area contributed by atoms with Gasteiger partial charge in [-0.2, -0.15) is 0 Å². The third-order valence-corrected chi connectivity index (χ3v) is 5.53. The van der Waals surface area contributed by atoms with Crippen molar-refractivity contribution in [1.82, 2.24) is 15.1 Å². The summed E-state index contributed by atoms with van der Waals surface area (Å²) in [6, 6.07) is 14.7. The molecule has 1 unspecified atom stereocenters. The Kier molecular flexibility index (Phi) is 4.82. The molecular formula is C22H22FN3O3. The Morgan fingerprint density at radius 3 is 2.45 bits per heavy atom. The van der Waals surface area contributed by atoms with Crippen LogP contribution in [0.4, 0.5) is 9.18 Å². The van der Waals surface area contributed by atoms with Crippen molar-refractivity contribution in [1.29, 1.82) is 0 Å². The fraction of sp³-hybridized carbons (Fsp3) is 0.318. The van der Waals surface area contributed by atoms with Gasteiger partial charge in [0.25, 0.3) is 5.91 Å². The Bertz CT molecular complexity index is 961. The number of rotatable bonds is 6. The minimum Gasteiger partial charge on any atom is -0.334 e. The van der Waals surface area contributed by atoms with Gasteiger partial charge in [-0.05, 0) is 31.4 Å². The number of amides is 4. The van der Waals surface area contributed by atoms with Gasteiger partial charge in [-0.1, -0.05) is 48.5 Å². The van der Waals surface area contributed by atoms with E-state index < -0.39 is 17.5 Å². The first kappa shape index (κ1) is 19.1. The summed E-state index contributed by atoms with van der Waals surface area (Å²) in [5, 5.41) is 2.70. The minimum absolute atomic E-state index is 0.0170. The van der Waals surface area contributed by atoms with Gasteiger partial charge in [0.1, 0.15) is 17.9 Å². The first-order valence-corrected chi connectivity index (χ1v) is 9.62. The molecule has 2 fully saturated rings. The quantitative estimate of drug-likeness (QED) is 0.765. The predicted molar refractivity (Wildman–Crippen MR) is 104 cm³/mol. The van der Waals surface area contributed by atoms with Crippen molar-refractivity contribution in [2.75, 3.05) is 6.54 Å². The molecule has 1 saturated carbocycles. The van der Waals surface area contributed by atoms with Crippen molar-refractivity contribution in [2.45, 2.75) is 37.9 Å². The molecule has 0 aromatic heterocycles. The van der Waals surface area contributed by atoms with Gasteiger partial charge in [0, 0.05) is 18.2 Å². The normalized spacial score (nSPS) is 21.2. The van der Waals surface area contributed by atoms with Gasteiger partial charge in [0.15, 0.2) is 0 Å². The lowest BCUT2D eigenvalue weighted by Crippen LogP contribution is -2.45. The predicted octanol–water partition coefficient (Wildman–Crippen LogP) is 2.78. The summed E-state index contributed by atoms with van der Waals surface area (Å²) in [5.74, 6) is -1.21. The Balaban J connectivity index is 1.51. The monoisotopic (exact) mass is 395 g/mol. The van der Waals surface area contributed by atoms with Gasteiger partial charge in [-0.3, -0.25) is 14.5 Å². The molecule has 1 aliphatic heterocycles. The molecule has 1 saturated heterocycles. The number of nitrogens with zero attached hydrogens (tertiary/aromatic N) is 2. The first-order valence-electron chi connectivity index (χ1n) is 9.62. The number of halogens is 1. The fourth-order valence-electron chi connectivity index (χ4n) is 3.65. The average Bonchev–Trinajstić information content (AvgIpc) is 3.53. The molecule has 1 aliphatic carbocycles. The zero-order valence-electron chi connectivity index (χ0n) is 16.1. The standard InChI is InChI=1S/C22H22FN3O3/c1-22(16-8-3-2-4-9-16)20(28)26(21(29)24-22)14-19(27)25(17-11-12-17)13-15-7-5-6-10-18(15)23/h2-10,17H,11-14H2,1H3,(H,24,29). The number of benzene rings is 2. The SMILES string of the molecule is CC1(c2ccccc2)NC(=O)N(CC(=O)N(Cc2ccccc2F)C2CC2)C1=O. The largest absolute Gasteiger partial charge is 0.334 e. The van der Waals surface area contributed by atoms with Crippen molar-refractivity contribution in [3.8, 4) is 0 Å². The Hall–Kier alpha value is -3.22. The molecule has 1 atom stereocenters. The summed E-state index contributed by atoms with van der Waals surface area (Å²) < 4.78 is 14.0. The van der Waals surface area contributed by atoms with E-state index in [2.05, 4.69) is 5.32 Å². The van der Waals surface area contributed by atoms with Crippen molar-refractivity contribution in [3.63, 3.8) is 0 Å². The molecule has 150 valence electrons.